The summed E-state index contributed by atoms with van der Waals surface area (Å²) in [5.41, 5.74) is -2.01. The van der Waals surface area contributed by atoms with E-state index in [1.807, 2.05) is 0 Å². The summed E-state index contributed by atoms with van der Waals surface area (Å²) in [7, 11) is 0. The van der Waals surface area contributed by atoms with Gasteiger partial charge in [-0.25, -0.2) is 4.39 Å². The van der Waals surface area contributed by atoms with E-state index in [1.54, 1.807) is 0 Å². The molecule has 0 aliphatic heterocycles. The molecule has 1 heterocycles. The first-order valence-corrected chi connectivity index (χ1v) is 6.87. The van der Waals surface area contributed by atoms with Gasteiger partial charge in [-0.3, -0.25) is 4.79 Å². The van der Waals surface area contributed by atoms with Gasteiger partial charge in [-0.15, -0.1) is 0 Å². The van der Waals surface area contributed by atoms with Gasteiger partial charge >= 0.3 is 6.18 Å². The molecule has 0 aliphatic rings. The van der Waals surface area contributed by atoms with E-state index in [4.69, 9.17) is 16.1 Å². The van der Waals surface area contributed by atoms with Crippen molar-refractivity contribution in [2.45, 2.75) is 6.18 Å². The molecule has 24 heavy (non-hydrogen) atoms. The summed E-state index contributed by atoms with van der Waals surface area (Å²) in [6.45, 7) is 0. The largest absolute Gasteiger partial charge is 0.419 e. The molecule has 0 fully saturated rings. The zero-order valence-corrected chi connectivity index (χ0v) is 12.4. The number of nitrogens with one attached hydrogen (secondary N) is 1. The molecule has 9 heteroatoms. The highest BCUT2D eigenvalue weighted by atomic mass is 35.5. The number of alkyl halides is 3. The number of halogens is 5. The number of fused-ring (bicyclic) bond motifs is 1. The van der Waals surface area contributed by atoms with Crippen LogP contribution in [0.25, 0.3) is 11.0 Å². The maximum atomic E-state index is 14.0. The molecule has 0 bridgehead atoms. The lowest BCUT2D eigenvalue weighted by atomic mass is 10.1. The van der Waals surface area contributed by atoms with Crippen molar-refractivity contribution < 1.29 is 26.9 Å². The van der Waals surface area contributed by atoms with Gasteiger partial charge in [-0.2, -0.15) is 13.2 Å². The summed E-state index contributed by atoms with van der Waals surface area (Å²) < 4.78 is 57.0. The fourth-order valence-corrected chi connectivity index (χ4v) is 2.26. The lowest BCUT2D eigenvalue weighted by molar-refractivity contribution is -0.140. The van der Waals surface area contributed by atoms with Crippen LogP contribution >= 0.6 is 11.6 Å². The summed E-state index contributed by atoms with van der Waals surface area (Å²) in [6, 6.07) is 6.92. The van der Waals surface area contributed by atoms with E-state index < -0.39 is 29.0 Å². The lowest BCUT2D eigenvalue weighted by Gasteiger charge is -2.10. The first-order chi connectivity index (χ1) is 11.3. The third kappa shape index (κ3) is 2.92. The average Bonchev–Trinajstić information content (AvgIpc) is 2.88. The molecule has 0 saturated carbocycles. The molecule has 1 aromatic heterocycles. The Morgan fingerprint density at radius 1 is 1.21 bits per heavy atom. The third-order valence-electron chi connectivity index (χ3n) is 3.21. The van der Waals surface area contributed by atoms with Crippen LogP contribution in [0.1, 0.15) is 15.9 Å². The first-order valence-electron chi connectivity index (χ1n) is 6.49. The summed E-state index contributed by atoms with van der Waals surface area (Å²) in [4.78, 5) is 12.1. The third-order valence-corrected chi connectivity index (χ3v) is 3.45. The van der Waals surface area contributed by atoms with Crippen LogP contribution < -0.4 is 5.32 Å². The number of anilines is 1. The second-order valence-electron chi connectivity index (χ2n) is 4.79. The Morgan fingerprint density at radius 3 is 2.67 bits per heavy atom. The molecule has 0 aliphatic carbocycles. The number of hydrogen-bond donors (Lipinski definition) is 1. The van der Waals surface area contributed by atoms with Crippen LogP contribution in [-0.2, 0) is 6.18 Å². The molecule has 124 valence electrons. The Hall–Kier alpha value is -2.61. The van der Waals surface area contributed by atoms with Crippen LogP contribution in [0, 0.1) is 5.82 Å². The standard InChI is InChI=1S/C15H7ClF4N2O2/c16-7-4-5-8-11(6-7)24-22-13(8)21-14(23)9-2-1-3-10(12(9)17)15(18,19)20/h1-6H,(H,21,22,23). The molecule has 2 aromatic carbocycles. The van der Waals surface area contributed by atoms with Gasteiger partial charge in [-0.1, -0.05) is 22.8 Å². The normalized spacial score (nSPS) is 11.7. The summed E-state index contributed by atoms with van der Waals surface area (Å²) in [5.74, 6) is -2.79. The van der Waals surface area contributed by atoms with Gasteiger partial charge in [0.15, 0.2) is 11.4 Å². The van der Waals surface area contributed by atoms with Crippen molar-refractivity contribution in [3.8, 4) is 0 Å². The van der Waals surface area contributed by atoms with E-state index in [0.29, 0.717) is 16.5 Å². The van der Waals surface area contributed by atoms with Gasteiger partial charge in [0.05, 0.1) is 16.5 Å². The van der Waals surface area contributed by atoms with Gasteiger partial charge in [0, 0.05) is 11.1 Å². The summed E-state index contributed by atoms with van der Waals surface area (Å²) in [6.07, 6.45) is -4.91. The number of carbonyl (C=O) groups is 1. The molecule has 1 N–H and O–H groups in total. The van der Waals surface area contributed by atoms with Crippen molar-refractivity contribution in [3.63, 3.8) is 0 Å². The molecule has 3 aromatic rings. The number of benzene rings is 2. The minimum atomic E-state index is -4.91. The highest BCUT2D eigenvalue weighted by Gasteiger charge is 2.35. The molecule has 0 spiro atoms. The number of nitrogens with zero attached hydrogens (tertiary/aromatic N) is 1. The van der Waals surface area contributed by atoms with Crippen LogP contribution in [-0.4, -0.2) is 11.1 Å². The summed E-state index contributed by atoms with van der Waals surface area (Å²) in [5, 5.41) is 6.57. The average molecular weight is 359 g/mol. The topological polar surface area (TPSA) is 55.1 Å². The number of hydrogen-bond acceptors (Lipinski definition) is 3. The molecular formula is C15H7ClF4N2O2. The van der Waals surface area contributed by atoms with Crippen LogP contribution in [0.4, 0.5) is 23.4 Å². The maximum absolute atomic E-state index is 14.0. The zero-order chi connectivity index (χ0) is 17.5. The van der Waals surface area contributed by atoms with Crippen LogP contribution in [0.3, 0.4) is 0 Å². The van der Waals surface area contributed by atoms with E-state index in [1.165, 1.54) is 18.2 Å². The van der Waals surface area contributed by atoms with Crippen molar-refractivity contribution in [2.24, 2.45) is 0 Å². The quantitative estimate of drug-likeness (QED) is 0.663. The SMILES string of the molecule is O=C(Nc1noc2cc(Cl)ccc12)c1cccc(C(F)(F)F)c1F. The van der Waals surface area contributed by atoms with Gasteiger partial charge in [0.1, 0.15) is 5.82 Å². The van der Waals surface area contributed by atoms with Gasteiger partial charge in [-0.05, 0) is 24.3 Å². The van der Waals surface area contributed by atoms with Crippen molar-refractivity contribution in [1.29, 1.82) is 0 Å². The smallest absolute Gasteiger partial charge is 0.354 e. The molecule has 0 radical (unpaired) electrons. The Balaban J connectivity index is 1.95. The highest BCUT2D eigenvalue weighted by molar-refractivity contribution is 6.31. The van der Waals surface area contributed by atoms with E-state index in [-0.39, 0.29) is 11.4 Å². The van der Waals surface area contributed by atoms with Gasteiger partial charge < -0.3 is 9.84 Å². The lowest BCUT2D eigenvalue weighted by Crippen LogP contribution is -2.17. The fourth-order valence-electron chi connectivity index (χ4n) is 2.10. The van der Waals surface area contributed by atoms with E-state index >= 15 is 0 Å². The number of rotatable bonds is 2. The molecule has 3 rings (SSSR count). The zero-order valence-electron chi connectivity index (χ0n) is 11.6. The minimum absolute atomic E-state index is 0.0523. The number of aromatic nitrogens is 1. The molecule has 1 amide bonds. The van der Waals surface area contributed by atoms with Gasteiger partial charge in [0.2, 0.25) is 0 Å². The van der Waals surface area contributed by atoms with Crippen molar-refractivity contribution in [1.82, 2.24) is 5.16 Å². The van der Waals surface area contributed by atoms with E-state index in [2.05, 4.69) is 10.5 Å². The Kier molecular flexibility index (Phi) is 3.92. The number of amides is 1. The van der Waals surface area contributed by atoms with Crippen molar-refractivity contribution in [3.05, 3.63) is 58.4 Å². The van der Waals surface area contributed by atoms with Crippen molar-refractivity contribution in [2.75, 3.05) is 5.32 Å². The highest BCUT2D eigenvalue weighted by Crippen LogP contribution is 2.33. The molecule has 0 saturated heterocycles. The van der Waals surface area contributed by atoms with E-state index in [9.17, 15) is 22.4 Å². The minimum Gasteiger partial charge on any atom is -0.354 e. The fraction of sp³-hybridized carbons (Fsp3) is 0.0667. The van der Waals surface area contributed by atoms with E-state index in [0.717, 1.165) is 12.1 Å². The molecule has 0 atom stereocenters. The maximum Gasteiger partial charge on any atom is 0.419 e. The molecular weight excluding hydrogens is 352 g/mol. The first kappa shape index (κ1) is 16.3. The Bertz CT molecular complexity index is 937. The summed E-state index contributed by atoms with van der Waals surface area (Å²) >= 11 is 5.78. The van der Waals surface area contributed by atoms with Crippen LogP contribution in [0.5, 0.6) is 0 Å². The monoisotopic (exact) mass is 358 g/mol. The van der Waals surface area contributed by atoms with Crippen molar-refractivity contribution >= 4 is 34.3 Å². The molecule has 0 unspecified atom stereocenters. The Labute approximate surface area is 137 Å². The second-order valence-corrected chi connectivity index (χ2v) is 5.23. The van der Waals surface area contributed by atoms with Gasteiger partial charge in [0.25, 0.3) is 5.91 Å². The predicted molar refractivity (Wildman–Crippen MR) is 78.4 cm³/mol. The Morgan fingerprint density at radius 2 is 1.96 bits per heavy atom. The van der Waals surface area contributed by atoms with Crippen LogP contribution in [0.15, 0.2) is 40.9 Å². The number of carbonyl (C=O) groups excluding carboxylic acids is 1. The van der Waals surface area contributed by atoms with Crippen LogP contribution in [0.2, 0.25) is 5.02 Å². The molecule has 4 nitrogen and oxygen atoms in total. The predicted octanol–water partition coefficient (Wildman–Crippen LogP) is 4.89. The second kappa shape index (κ2) is 5.79.